The molecule has 0 spiro atoms. The standard InChI is InChI=1S/C24H23NO3S/c1-18-12-14-21(15-13-18)29-23(26)22(16-19-8-4-2-5-9-19)25-24(27)28-17-20-10-6-3-7-11-20/h2-15,22H,16-17H2,1H3,(H,25,27)/t22-/m1/s1. The van der Waals surface area contributed by atoms with E-state index in [2.05, 4.69) is 5.32 Å². The summed E-state index contributed by atoms with van der Waals surface area (Å²) in [5.41, 5.74) is 2.99. The van der Waals surface area contributed by atoms with Gasteiger partial charge in [0.05, 0.1) is 0 Å². The molecule has 3 rings (SSSR count). The molecule has 0 aliphatic carbocycles. The normalized spacial score (nSPS) is 11.5. The van der Waals surface area contributed by atoms with Crippen LogP contribution in [-0.4, -0.2) is 17.3 Å². The van der Waals surface area contributed by atoms with E-state index in [1.54, 1.807) is 0 Å². The van der Waals surface area contributed by atoms with Gasteiger partial charge >= 0.3 is 6.09 Å². The zero-order valence-corrected chi connectivity index (χ0v) is 17.0. The molecule has 1 atom stereocenters. The number of carbonyl (C=O) groups excluding carboxylic acids is 2. The first-order valence-electron chi connectivity index (χ1n) is 9.39. The molecular weight excluding hydrogens is 382 g/mol. The van der Waals surface area contributed by atoms with Crippen molar-refractivity contribution in [2.75, 3.05) is 0 Å². The van der Waals surface area contributed by atoms with Gasteiger partial charge in [0.1, 0.15) is 12.6 Å². The van der Waals surface area contributed by atoms with Crippen LogP contribution in [0.25, 0.3) is 0 Å². The highest BCUT2D eigenvalue weighted by atomic mass is 32.2. The van der Waals surface area contributed by atoms with Crippen molar-refractivity contribution in [3.63, 3.8) is 0 Å². The van der Waals surface area contributed by atoms with E-state index in [0.717, 1.165) is 33.3 Å². The van der Waals surface area contributed by atoms with Gasteiger partial charge in [-0.25, -0.2) is 4.79 Å². The zero-order valence-electron chi connectivity index (χ0n) is 16.2. The molecule has 0 aromatic heterocycles. The molecule has 0 unspecified atom stereocenters. The second-order valence-corrected chi connectivity index (χ2v) is 7.76. The number of ether oxygens (including phenoxy) is 1. The molecule has 0 aliphatic heterocycles. The molecule has 0 aliphatic rings. The average molecular weight is 406 g/mol. The van der Waals surface area contributed by atoms with Crippen LogP contribution in [0.3, 0.4) is 0 Å². The van der Waals surface area contributed by atoms with Gasteiger partial charge in [0.25, 0.3) is 0 Å². The van der Waals surface area contributed by atoms with Crippen LogP contribution in [0.15, 0.2) is 89.8 Å². The summed E-state index contributed by atoms with van der Waals surface area (Å²) in [4.78, 5) is 26.1. The van der Waals surface area contributed by atoms with E-state index in [4.69, 9.17) is 4.74 Å². The smallest absolute Gasteiger partial charge is 0.408 e. The van der Waals surface area contributed by atoms with Crippen molar-refractivity contribution in [3.8, 4) is 0 Å². The van der Waals surface area contributed by atoms with E-state index in [9.17, 15) is 9.59 Å². The summed E-state index contributed by atoms with van der Waals surface area (Å²) in [6.07, 6.45) is -0.202. The van der Waals surface area contributed by atoms with Crippen molar-refractivity contribution < 1.29 is 14.3 Å². The van der Waals surface area contributed by atoms with Crippen LogP contribution in [0.5, 0.6) is 0 Å². The molecule has 0 saturated heterocycles. The summed E-state index contributed by atoms with van der Waals surface area (Å²) in [6, 6.07) is 26.1. The molecule has 0 heterocycles. The van der Waals surface area contributed by atoms with E-state index >= 15 is 0 Å². The van der Waals surface area contributed by atoms with Gasteiger partial charge in [-0.1, -0.05) is 78.4 Å². The van der Waals surface area contributed by atoms with Crippen LogP contribution in [0.4, 0.5) is 4.79 Å². The van der Waals surface area contributed by atoms with Crippen molar-refractivity contribution in [1.29, 1.82) is 0 Å². The summed E-state index contributed by atoms with van der Waals surface area (Å²) in [5, 5.41) is 2.61. The third kappa shape index (κ3) is 6.80. The maximum absolute atomic E-state index is 12.9. The highest BCUT2D eigenvalue weighted by Crippen LogP contribution is 2.22. The molecule has 1 amide bonds. The monoisotopic (exact) mass is 405 g/mol. The molecule has 4 nitrogen and oxygen atoms in total. The van der Waals surface area contributed by atoms with Crippen molar-refractivity contribution in [3.05, 3.63) is 102 Å². The largest absolute Gasteiger partial charge is 0.445 e. The molecule has 148 valence electrons. The van der Waals surface area contributed by atoms with Crippen LogP contribution in [0, 0.1) is 6.92 Å². The minimum atomic E-state index is -0.688. The summed E-state index contributed by atoms with van der Waals surface area (Å²) < 4.78 is 5.30. The van der Waals surface area contributed by atoms with E-state index in [1.165, 1.54) is 0 Å². The van der Waals surface area contributed by atoms with E-state index in [-0.39, 0.29) is 11.7 Å². The van der Waals surface area contributed by atoms with Crippen LogP contribution in [-0.2, 0) is 22.6 Å². The lowest BCUT2D eigenvalue weighted by molar-refractivity contribution is -0.112. The number of hydrogen-bond donors (Lipinski definition) is 1. The summed E-state index contributed by atoms with van der Waals surface area (Å²) in [5.74, 6) is 0. The number of nitrogens with one attached hydrogen (secondary N) is 1. The van der Waals surface area contributed by atoms with Gasteiger partial charge in [-0.15, -0.1) is 0 Å². The number of benzene rings is 3. The molecule has 3 aromatic rings. The van der Waals surface area contributed by atoms with Crippen molar-refractivity contribution in [1.82, 2.24) is 5.32 Å². The molecule has 0 saturated carbocycles. The van der Waals surface area contributed by atoms with E-state index in [0.29, 0.717) is 6.42 Å². The number of thioether (sulfide) groups is 1. The number of amides is 1. The topological polar surface area (TPSA) is 55.4 Å². The van der Waals surface area contributed by atoms with Gasteiger partial charge in [0, 0.05) is 11.3 Å². The van der Waals surface area contributed by atoms with Crippen LogP contribution in [0.2, 0.25) is 0 Å². The Morgan fingerprint density at radius 2 is 1.45 bits per heavy atom. The highest BCUT2D eigenvalue weighted by Gasteiger charge is 2.23. The number of hydrogen-bond acceptors (Lipinski definition) is 4. The lowest BCUT2D eigenvalue weighted by Crippen LogP contribution is -2.41. The maximum atomic E-state index is 12.9. The van der Waals surface area contributed by atoms with Crippen LogP contribution in [0.1, 0.15) is 16.7 Å². The molecular formula is C24H23NO3S. The van der Waals surface area contributed by atoms with Crippen LogP contribution < -0.4 is 5.32 Å². The lowest BCUT2D eigenvalue weighted by atomic mass is 10.1. The number of rotatable bonds is 7. The first-order valence-corrected chi connectivity index (χ1v) is 10.2. The average Bonchev–Trinajstić information content (AvgIpc) is 2.75. The van der Waals surface area contributed by atoms with E-state index < -0.39 is 12.1 Å². The number of aryl methyl sites for hydroxylation is 1. The van der Waals surface area contributed by atoms with Gasteiger partial charge < -0.3 is 10.1 Å². The van der Waals surface area contributed by atoms with E-state index in [1.807, 2.05) is 91.9 Å². The fourth-order valence-corrected chi connectivity index (χ4v) is 3.53. The molecule has 1 N–H and O–H groups in total. The van der Waals surface area contributed by atoms with Crippen molar-refractivity contribution in [2.45, 2.75) is 30.9 Å². The maximum Gasteiger partial charge on any atom is 0.408 e. The SMILES string of the molecule is Cc1ccc(SC(=O)[C@@H](Cc2ccccc2)NC(=O)OCc2ccccc2)cc1. The Labute approximate surface area is 175 Å². The molecule has 0 fully saturated rings. The number of alkyl carbamates (subject to hydrolysis) is 1. The zero-order chi connectivity index (χ0) is 20.5. The van der Waals surface area contributed by atoms with Crippen LogP contribution >= 0.6 is 11.8 Å². The van der Waals surface area contributed by atoms with Gasteiger partial charge in [0.15, 0.2) is 0 Å². The van der Waals surface area contributed by atoms with Gasteiger partial charge in [-0.3, -0.25) is 4.79 Å². The highest BCUT2D eigenvalue weighted by molar-refractivity contribution is 8.13. The Kier molecular flexibility index (Phi) is 7.47. The third-order valence-electron chi connectivity index (χ3n) is 4.31. The Bertz CT molecular complexity index is 927. The van der Waals surface area contributed by atoms with Gasteiger partial charge in [-0.05, 0) is 41.9 Å². The Balaban J connectivity index is 1.65. The second-order valence-electron chi connectivity index (χ2n) is 6.68. The minimum absolute atomic E-state index is 0.130. The predicted octanol–water partition coefficient (Wildman–Crippen LogP) is 5.15. The number of carbonyl (C=O) groups is 2. The van der Waals surface area contributed by atoms with Crippen molar-refractivity contribution in [2.24, 2.45) is 0 Å². The van der Waals surface area contributed by atoms with Gasteiger partial charge in [0.2, 0.25) is 5.12 Å². The summed E-state index contributed by atoms with van der Waals surface area (Å²) >= 11 is 1.13. The second kappa shape index (κ2) is 10.5. The Morgan fingerprint density at radius 3 is 2.07 bits per heavy atom. The predicted molar refractivity (Wildman–Crippen MR) is 116 cm³/mol. The minimum Gasteiger partial charge on any atom is -0.445 e. The summed E-state index contributed by atoms with van der Waals surface area (Å²) in [6.45, 7) is 2.16. The molecule has 0 radical (unpaired) electrons. The first-order chi connectivity index (χ1) is 14.1. The molecule has 29 heavy (non-hydrogen) atoms. The fourth-order valence-electron chi connectivity index (χ4n) is 2.74. The lowest BCUT2D eigenvalue weighted by Gasteiger charge is -2.17. The molecule has 3 aromatic carbocycles. The molecule has 5 heteroatoms. The van der Waals surface area contributed by atoms with Crippen molar-refractivity contribution >= 4 is 23.0 Å². The van der Waals surface area contributed by atoms with Gasteiger partial charge in [-0.2, -0.15) is 0 Å². The first kappa shape index (κ1) is 20.7. The molecule has 0 bridgehead atoms. The quantitative estimate of drug-likeness (QED) is 0.552. The third-order valence-corrected chi connectivity index (χ3v) is 5.31. The summed E-state index contributed by atoms with van der Waals surface area (Å²) in [7, 11) is 0. The Hall–Kier alpha value is -3.05. The Morgan fingerprint density at radius 1 is 0.862 bits per heavy atom. The fraction of sp³-hybridized carbons (Fsp3) is 0.167.